The number of hydrogen-bond donors (Lipinski definition) is 1. The molecule has 0 spiro atoms. The van der Waals surface area contributed by atoms with Gasteiger partial charge in [0.1, 0.15) is 11.5 Å². The zero-order valence-electron chi connectivity index (χ0n) is 16.4. The van der Waals surface area contributed by atoms with Crippen LogP contribution in [0.2, 0.25) is 0 Å². The summed E-state index contributed by atoms with van der Waals surface area (Å²) in [7, 11) is 0. The lowest BCUT2D eigenvalue weighted by Crippen LogP contribution is -2.32. The average molecular weight is 462 g/mol. The molecule has 0 unspecified atom stereocenters. The molecular weight excluding hydrogens is 450 g/mol. The number of carbonyl (C=O) groups excluding carboxylic acids is 2. The van der Waals surface area contributed by atoms with Crippen LogP contribution in [0, 0.1) is 17.5 Å². The minimum atomic E-state index is -4.62. The maximum absolute atomic E-state index is 13.6. The average Bonchev–Trinajstić information content (AvgIpc) is 3.00. The number of imide groups is 1. The number of carbonyl (C=O) groups is 2. The third-order valence-electron chi connectivity index (χ3n) is 4.86. The Morgan fingerprint density at radius 1 is 0.727 bits per heavy atom. The molecule has 0 saturated carbocycles. The topological polar surface area (TPSA) is 49.4 Å². The molecule has 0 aromatic heterocycles. The minimum absolute atomic E-state index is 0.0565. The molecule has 0 saturated heterocycles. The molecule has 1 N–H and O–H groups in total. The second kappa shape index (κ2) is 8.12. The van der Waals surface area contributed by atoms with Crippen LogP contribution < -0.4 is 10.2 Å². The molecule has 0 aliphatic carbocycles. The van der Waals surface area contributed by atoms with Gasteiger partial charge in [0, 0.05) is 11.8 Å². The molecule has 0 fully saturated rings. The lowest BCUT2D eigenvalue weighted by Gasteiger charge is -2.16. The normalized spacial score (nSPS) is 14.3. The van der Waals surface area contributed by atoms with Gasteiger partial charge in [-0.1, -0.05) is 12.1 Å². The largest absolute Gasteiger partial charge is 0.416 e. The molecule has 4 nitrogen and oxygen atoms in total. The summed E-state index contributed by atoms with van der Waals surface area (Å²) in [6.07, 6.45) is -4.62. The van der Waals surface area contributed by atoms with Crippen molar-refractivity contribution in [1.82, 2.24) is 0 Å². The SMILES string of the molecule is O=C1C(Nc2ccc(F)c(F)c2)=C(c2ccc(F)cc2)C(=O)N1c1ccc(C(F)(F)F)cc1. The minimum Gasteiger partial charge on any atom is -0.350 e. The Bertz CT molecular complexity index is 1280. The van der Waals surface area contributed by atoms with E-state index in [1.54, 1.807) is 0 Å². The number of alkyl halides is 3. The van der Waals surface area contributed by atoms with Crippen LogP contribution in [0.25, 0.3) is 5.57 Å². The summed E-state index contributed by atoms with van der Waals surface area (Å²) in [5.41, 5.74) is -1.59. The first kappa shape index (κ1) is 22.1. The van der Waals surface area contributed by atoms with Crippen molar-refractivity contribution in [2.45, 2.75) is 6.18 Å². The summed E-state index contributed by atoms with van der Waals surface area (Å²) >= 11 is 0. The third-order valence-corrected chi connectivity index (χ3v) is 4.86. The number of amides is 2. The molecule has 1 aliphatic heterocycles. The summed E-state index contributed by atoms with van der Waals surface area (Å²) in [6.45, 7) is 0. The summed E-state index contributed by atoms with van der Waals surface area (Å²) < 4.78 is 78.9. The Kier molecular flexibility index (Phi) is 5.44. The van der Waals surface area contributed by atoms with Crippen LogP contribution in [0.3, 0.4) is 0 Å². The van der Waals surface area contributed by atoms with E-state index < -0.39 is 41.0 Å². The van der Waals surface area contributed by atoms with Gasteiger partial charge in [0.05, 0.1) is 16.8 Å². The van der Waals surface area contributed by atoms with Gasteiger partial charge in [0.25, 0.3) is 11.8 Å². The van der Waals surface area contributed by atoms with E-state index in [9.17, 15) is 35.9 Å². The fourth-order valence-corrected chi connectivity index (χ4v) is 3.28. The van der Waals surface area contributed by atoms with Crippen LogP contribution in [0.1, 0.15) is 11.1 Å². The van der Waals surface area contributed by atoms with E-state index in [1.807, 2.05) is 0 Å². The van der Waals surface area contributed by atoms with Gasteiger partial charge in [-0.15, -0.1) is 0 Å². The Morgan fingerprint density at radius 2 is 1.36 bits per heavy atom. The Balaban J connectivity index is 1.78. The van der Waals surface area contributed by atoms with Gasteiger partial charge in [0.15, 0.2) is 11.6 Å². The van der Waals surface area contributed by atoms with Gasteiger partial charge in [-0.25, -0.2) is 18.1 Å². The highest BCUT2D eigenvalue weighted by Gasteiger charge is 2.41. The van der Waals surface area contributed by atoms with Gasteiger partial charge in [-0.05, 0) is 54.1 Å². The zero-order valence-corrected chi connectivity index (χ0v) is 16.4. The maximum atomic E-state index is 13.6. The van der Waals surface area contributed by atoms with Crippen molar-refractivity contribution in [1.29, 1.82) is 0 Å². The Labute approximate surface area is 182 Å². The number of halogens is 6. The van der Waals surface area contributed by atoms with E-state index in [0.717, 1.165) is 42.5 Å². The number of rotatable bonds is 4. The van der Waals surface area contributed by atoms with Gasteiger partial charge < -0.3 is 5.32 Å². The smallest absolute Gasteiger partial charge is 0.350 e. The zero-order chi connectivity index (χ0) is 23.9. The second-order valence-corrected chi connectivity index (χ2v) is 7.00. The van der Waals surface area contributed by atoms with Crippen molar-refractivity contribution in [3.8, 4) is 0 Å². The van der Waals surface area contributed by atoms with Gasteiger partial charge in [-0.3, -0.25) is 9.59 Å². The molecule has 1 aliphatic rings. The summed E-state index contributed by atoms with van der Waals surface area (Å²) in [6, 6.07) is 10.6. The quantitative estimate of drug-likeness (QED) is 0.411. The first-order valence-corrected chi connectivity index (χ1v) is 9.34. The van der Waals surface area contributed by atoms with Crippen molar-refractivity contribution in [2.24, 2.45) is 0 Å². The molecule has 2 amide bonds. The van der Waals surface area contributed by atoms with Gasteiger partial charge >= 0.3 is 6.18 Å². The number of nitrogens with zero attached hydrogens (tertiary/aromatic N) is 1. The summed E-state index contributed by atoms with van der Waals surface area (Å²) in [5, 5.41) is 2.57. The number of nitrogens with one attached hydrogen (secondary N) is 1. The van der Waals surface area contributed by atoms with E-state index in [2.05, 4.69) is 5.32 Å². The molecule has 10 heteroatoms. The van der Waals surface area contributed by atoms with Crippen molar-refractivity contribution in [3.05, 3.63) is 101 Å². The predicted molar refractivity (Wildman–Crippen MR) is 107 cm³/mol. The second-order valence-electron chi connectivity index (χ2n) is 7.00. The highest BCUT2D eigenvalue weighted by Crippen LogP contribution is 2.36. The first-order valence-electron chi connectivity index (χ1n) is 9.34. The van der Waals surface area contributed by atoms with E-state index >= 15 is 0 Å². The maximum Gasteiger partial charge on any atom is 0.416 e. The van der Waals surface area contributed by atoms with Crippen molar-refractivity contribution in [3.63, 3.8) is 0 Å². The molecule has 0 radical (unpaired) electrons. The lowest BCUT2D eigenvalue weighted by molar-refractivity contribution is -0.137. The van der Waals surface area contributed by atoms with Crippen LogP contribution in [0.5, 0.6) is 0 Å². The van der Waals surface area contributed by atoms with Crippen molar-refractivity contribution in [2.75, 3.05) is 10.2 Å². The molecule has 1 heterocycles. The van der Waals surface area contributed by atoms with Crippen molar-refractivity contribution < 1.29 is 35.9 Å². The molecule has 0 atom stereocenters. The lowest BCUT2D eigenvalue weighted by atomic mass is 10.0. The number of hydrogen-bond acceptors (Lipinski definition) is 3. The fourth-order valence-electron chi connectivity index (χ4n) is 3.28. The number of benzene rings is 3. The van der Waals surface area contributed by atoms with Crippen LogP contribution in [-0.4, -0.2) is 11.8 Å². The predicted octanol–water partition coefficient (Wildman–Crippen LogP) is 5.52. The van der Waals surface area contributed by atoms with Gasteiger partial charge in [0.2, 0.25) is 0 Å². The Morgan fingerprint density at radius 3 is 1.94 bits per heavy atom. The number of anilines is 2. The molecule has 3 aromatic rings. The first-order chi connectivity index (χ1) is 15.6. The molecule has 3 aromatic carbocycles. The molecule has 33 heavy (non-hydrogen) atoms. The summed E-state index contributed by atoms with van der Waals surface area (Å²) in [4.78, 5) is 26.9. The molecule has 4 rings (SSSR count). The molecular formula is C23H12F6N2O2. The molecule has 0 bridgehead atoms. The van der Waals surface area contributed by atoms with Crippen LogP contribution in [0.15, 0.2) is 72.4 Å². The van der Waals surface area contributed by atoms with Crippen LogP contribution >= 0.6 is 0 Å². The van der Waals surface area contributed by atoms with E-state index in [4.69, 9.17) is 0 Å². The highest BCUT2D eigenvalue weighted by atomic mass is 19.4. The highest BCUT2D eigenvalue weighted by molar-refractivity contribution is 6.46. The Hall–Kier alpha value is -4.08. The van der Waals surface area contributed by atoms with Crippen LogP contribution in [-0.2, 0) is 15.8 Å². The van der Waals surface area contributed by atoms with Gasteiger partial charge in [-0.2, -0.15) is 13.2 Å². The molecule has 168 valence electrons. The fraction of sp³-hybridized carbons (Fsp3) is 0.0435. The van der Waals surface area contributed by atoms with E-state index in [1.165, 1.54) is 12.1 Å². The van der Waals surface area contributed by atoms with E-state index in [-0.39, 0.29) is 28.2 Å². The standard InChI is InChI=1S/C23H12F6N2O2/c24-14-5-1-12(2-6-14)19-20(30-15-7-10-17(25)18(26)11-15)22(33)31(21(19)32)16-8-3-13(4-9-16)23(27,28)29/h1-11,30H. The summed E-state index contributed by atoms with van der Waals surface area (Å²) in [5.74, 6) is -4.78. The monoisotopic (exact) mass is 462 g/mol. The van der Waals surface area contributed by atoms with E-state index in [0.29, 0.717) is 17.0 Å². The van der Waals surface area contributed by atoms with Crippen molar-refractivity contribution >= 4 is 28.8 Å². The third kappa shape index (κ3) is 4.19. The van der Waals surface area contributed by atoms with Crippen LogP contribution in [0.4, 0.5) is 37.7 Å².